The summed E-state index contributed by atoms with van der Waals surface area (Å²) in [6, 6.07) is 10.5. The number of aryl methyl sites for hydroxylation is 1. The van der Waals surface area contributed by atoms with Gasteiger partial charge in [-0.25, -0.2) is 0 Å². The molecule has 1 N–H and O–H groups in total. The maximum Gasteiger partial charge on any atom is 1.00 e. The van der Waals surface area contributed by atoms with E-state index in [0.29, 0.717) is 5.75 Å². The van der Waals surface area contributed by atoms with Gasteiger partial charge in [0.15, 0.2) is 0 Å². The Morgan fingerprint density at radius 2 is 1.76 bits per heavy atom. The molecule has 0 fully saturated rings. The molecule has 0 amide bonds. The van der Waals surface area contributed by atoms with Crippen molar-refractivity contribution in [1.29, 1.82) is 0 Å². The van der Waals surface area contributed by atoms with Gasteiger partial charge in [-0.1, -0.05) is 50.5 Å². The van der Waals surface area contributed by atoms with E-state index in [9.17, 15) is 18.1 Å². The first-order valence-corrected chi connectivity index (χ1v) is 9.40. The number of hydrogen-bond acceptors (Lipinski definition) is 4. The SMILES string of the molecule is CCCCCCc1ccccc1Oc1cc([O-])ccc1S(=O)(=O)O.[K+]. The molecular weight excluding hydrogens is 367 g/mol. The van der Waals surface area contributed by atoms with Gasteiger partial charge in [-0.05, 0) is 36.6 Å². The third-order valence-corrected chi connectivity index (χ3v) is 4.58. The maximum absolute atomic E-state index is 11.5. The van der Waals surface area contributed by atoms with Gasteiger partial charge in [-0.15, -0.1) is 5.75 Å². The molecule has 0 radical (unpaired) electrons. The fourth-order valence-corrected chi connectivity index (χ4v) is 3.05. The average Bonchev–Trinajstić information content (AvgIpc) is 2.52. The molecule has 0 aliphatic heterocycles. The van der Waals surface area contributed by atoms with Crippen molar-refractivity contribution in [2.45, 2.75) is 43.9 Å². The third-order valence-electron chi connectivity index (χ3n) is 3.69. The smallest absolute Gasteiger partial charge is 0.872 e. The van der Waals surface area contributed by atoms with Gasteiger partial charge in [0.1, 0.15) is 16.4 Å². The van der Waals surface area contributed by atoms with E-state index in [2.05, 4.69) is 6.92 Å². The van der Waals surface area contributed by atoms with Crippen molar-refractivity contribution < 1.29 is 74.2 Å². The Morgan fingerprint density at radius 1 is 1.04 bits per heavy atom. The predicted octanol–water partition coefficient (Wildman–Crippen LogP) is 0.926. The minimum Gasteiger partial charge on any atom is -0.872 e. The Kier molecular flexibility index (Phi) is 9.65. The number of benzene rings is 2. The molecule has 7 heteroatoms. The van der Waals surface area contributed by atoms with E-state index in [-0.39, 0.29) is 57.1 Å². The third kappa shape index (κ3) is 7.01. The fourth-order valence-electron chi connectivity index (χ4n) is 2.45. The summed E-state index contributed by atoms with van der Waals surface area (Å²) in [4.78, 5) is -0.414. The van der Waals surface area contributed by atoms with Crippen molar-refractivity contribution in [3.05, 3.63) is 48.0 Å². The summed E-state index contributed by atoms with van der Waals surface area (Å²) in [5.74, 6) is -0.0617. The topological polar surface area (TPSA) is 86.7 Å². The van der Waals surface area contributed by atoms with Gasteiger partial charge < -0.3 is 9.84 Å². The summed E-state index contributed by atoms with van der Waals surface area (Å²) in [5, 5.41) is 11.5. The van der Waals surface area contributed by atoms with Gasteiger partial charge in [-0.3, -0.25) is 4.55 Å². The van der Waals surface area contributed by atoms with Crippen molar-refractivity contribution in [3.8, 4) is 17.2 Å². The molecule has 0 unspecified atom stereocenters. The second-order valence-corrected chi connectivity index (χ2v) is 6.99. The first kappa shape index (κ1) is 22.6. The molecule has 0 spiro atoms. The number of ether oxygens (including phenoxy) is 1. The largest absolute Gasteiger partial charge is 1.00 e. The van der Waals surface area contributed by atoms with Crippen LogP contribution in [0.25, 0.3) is 0 Å². The molecule has 0 aliphatic carbocycles. The second-order valence-electron chi connectivity index (χ2n) is 5.60. The molecule has 2 rings (SSSR count). The molecule has 0 heterocycles. The van der Waals surface area contributed by atoms with Crippen LogP contribution < -0.4 is 61.2 Å². The number of rotatable bonds is 8. The van der Waals surface area contributed by atoms with Crippen molar-refractivity contribution in [2.24, 2.45) is 0 Å². The van der Waals surface area contributed by atoms with Gasteiger partial charge in [-0.2, -0.15) is 8.42 Å². The summed E-state index contributed by atoms with van der Waals surface area (Å²) in [7, 11) is -4.47. The monoisotopic (exact) mass is 388 g/mol. The predicted molar refractivity (Wildman–Crippen MR) is 90.1 cm³/mol. The molecule has 0 aliphatic rings. The van der Waals surface area contributed by atoms with E-state index >= 15 is 0 Å². The molecule has 0 aromatic heterocycles. The van der Waals surface area contributed by atoms with Crippen LogP contribution in [0, 0.1) is 0 Å². The van der Waals surface area contributed by atoms with E-state index in [4.69, 9.17) is 4.74 Å². The van der Waals surface area contributed by atoms with Crippen LogP contribution >= 0.6 is 0 Å². The Hall–Kier alpha value is -0.414. The summed E-state index contributed by atoms with van der Waals surface area (Å²) in [6.45, 7) is 2.14. The molecule has 0 bridgehead atoms. The first-order chi connectivity index (χ1) is 11.4. The quantitative estimate of drug-likeness (QED) is 0.413. The summed E-state index contributed by atoms with van der Waals surface area (Å²) >= 11 is 0. The van der Waals surface area contributed by atoms with Crippen LogP contribution in [0.4, 0.5) is 0 Å². The second kappa shape index (κ2) is 10.7. The van der Waals surface area contributed by atoms with Gasteiger partial charge in [0.25, 0.3) is 10.1 Å². The van der Waals surface area contributed by atoms with E-state index in [1.165, 1.54) is 0 Å². The van der Waals surface area contributed by atoms with E-state index < -0.39 is 20.8 Å². The molecule has 0 atom stereocenters. The van der Waals surface area contributed by atoms with Gasteiger partial charge in [0.05, 0.1) is 0 Å². The number of para-hydroxylation sites is 1. The number of unbranched alkanes of at least 4 members (excludes halogenated alkanes) is 3. The van der Waals surface area contributed by atoms with Crippen LogP contribution in [-0.2, 0) is 16.5 Å². The molecule has 0 saturated heterocycles. The van der Waals surface area contributed by atoms with Crippen LogP contribution in [0.1, 0.15) is 38.2 Å². The zero-order chi connectivity index (χ0) is 17.6. The fraction of sp³-hybridized carbons (Fsp3) is 0.333. The van der Waals surface area contributed by atoms with E-state index in [0.717, 1.165) is 55.9 Å². The van der Waals surface area contributed by atoms with Crippen LogP contribution in [0.3, 0.4) is 0 Å². The minimum atomic E-state index is -4.47. The van der Waals surface area contributed by atoms with Crippen molar-refractivity contribution in [2.75, 3.05) is 0 Å². The Labute approximate surface area is 191 Å². The van der Waals surface area contributed by atoms with Crippen LogP contribution in [-0.4, -0.2) is 13.0 Å². The zero-order valence-electron chi connectivity index (χ0n) is 14.6. The Balaban J connectivity index is 0.00000312. The normalized spacial score (nSPS) is 11.0. The molecular formula is C18H21KO5S. The summed E-state index contributed by atoms with van der Waals surface area (Å²) < 4.78 is 37.9. The standard InChI is InChI=1S/C18H22O5S.K/c1-2-3-4-5-8-14-9-6-7-10-16(14)23-17-13-15(19)11-12-18(17)24(20,21)22;/h6-7,9-13,19H,2-5,8H2,1H3,(H,20,21,22);/q;+1/p-1. The van der Waals surface area contributed by atoms with Crippen LogP contribution in [0.15, 0.2) is 47.4 Å². The van der Waals surface area contributed by atoms with Gasteiger partial charge in [0.2, 0.25) is 0 Å². The maximum atomic E-state index is 11.5. The molecule has 2 aromatic carbocycles. The molecule has 25 heavy (non-hydrogen) atoms. The Morgan fingerprint density at radius 3 is 2.44 bits per heavy atom. The van der Waals surface area contributed by atoms with E-state index in [1.807, 2.05) is 12.1 Å². The molecule has 5 nitrogen and oxygen atoms in total. The summed E-state index contributed by atoms with van der Waals surface area (Å²) in [6.07, 6.45) is 5.22. The van der Waals surface area contributed by atoms with Gasteiger partial charge in [0, 0.05) is 0 Å². The van der Waals surface area contributed by atoms with Crippen molar-refractivity contribution in [1.82, 2.24) is 0 Å². The zero-order valence-corrected chi connectivity index (χ0v) is 18.5. The average molecular weight is 389 g/mol. The van der Waals surface area contributed by atoms with Crippen molar-refractivity contribution in [3.63, 3.8) is 0 Å². The van der Waals surface area contributed by atoms with Crippen LogP contribution in [0.5, 0.6) is 17.2 Å². The number of hydrogen-bond donors (Lipinski definition) is 1. The molecule has 130 valence electrons. The van der Waals surface area contributed by atoms with Crippen molar-refractivity contribution >= 4 is 10.1 Å². The van der Waals surface area contributed by atoms with Crippen LogP contribution in [0.2, 0.25) is 0 Å². The molecule has 0 saturated carbocycles. The van der Waals surface area contributed by atoms with Gasteiger partial charge >= 0.3 is 51.4 Å². The Bertz CT molecular complexity index is 790. The van der Waals surface area contributed by atoms with E-state index in [1.54, 1.807) is 12.1 Å². The minimum absolute atomic E-state index is 0. The summed E-state index contributed by atoms with van der Waals surface area (Å²) in [5.41, 5.74) is 0.936. The molecule has 2 aromatic rings. The first-order valence-electron chi connectivity index (χ1n) is 7.96.